The summed E-state index contributed by atoms with van der Waals surface area (Å²) in [7, 11) is 0. The number of benzene rings is 1. The van der Waals surface area contributed by atoms with E-state index in [-0.39, 0.29) is 6.10 Å². The van der Waals surface area contributed by atoms with Gasteiger partial charge in [-0.05, 0) is 56.7 Å². The van der Waals surface area contributed by atoms with E-state index in [1.807, 2.05) is 47.9 Å². The smallest absolute Gasteiger partial charge is 0.163 e. The van der Waals surface area contributed by atoms with E-state index in [0.29, 0.717) is 29.4 Å². The standard InChI is InChI=1S/C23H23N7O2/c1-14-9-16(11-24)27-30(14)23-19(15(2)31)4-6-22(26-23)29-13-25-20-10-17(3-5-21(20)29)28-8-7-18(32)12-28/h3-6,9-10,13,15,18,31-32H,7-8,12H2,1-2H3. The van der Waals surface area contributed by atoms with Crippen LogP contribution in [-0.2, 0) is 0 Å². The number of aliphatic hydroxyl groups excluding tert-OH is 2. The fourth-order valence-electron chi connectivity index (χ4n) is 4.18. The molecule has 3 aromatic heterocycles. The van der Waals surface area contributed by atoms with Crippen LogP contribution in [0.4, 0.5) is 5.69 Å². The average molecular weight is 429 g/mol. The van der Waals surface area contributed by atoms with E-state index < -0.39 is 6.10 Å². The molecule has 9 heteroatoms. The molecule has 0 radical (unpaired) electrons. The van der Waals surface area contributed by atoms with Crippen LogP contribution in [0.25, 0.3) is 22.7 Å². The molecule has 2 unspecified atom stereocenters. The third kappa shape index (κ3) is 3.39. The molecule has 32 heavy (non-hydrogen) atoms. The van der Waals surface area contributed by atoms with Gasteiger partial charge in [0.15, 0.2) is 11.5 Å². The predicted molar refractivity (Wildman–Crippen MR) is 119 cm³/mol. The van der Waals surface area contributed by atoms with Crippen LogP contribution < -0.4 is 4.90 Å². The SMILES string of the molecule is Cc1cc(C#N)nn1-c1nc(-n2cnc3cc(N4CCC(O)C4)ccc32)ccc1C(C)O. The highest BCUT2D eigenvalue weighted by molar-refractivity contribution is 5.81. The van der Waals surface area contributed by atoms with E-state index in [0.717, 1.165) is 35.4 Å². The Labute approximate surface area is 184 Å². The zero-order chi connectivity index (χ0) is 22.4. The van der Waals surface area contributed by atoms with E-state index in [4.69, 9.17) is 4.98 Å². The quantitative estimate of drug-likeness (QED) is 0.512. The summed E-state index contributed by atoms with van der Waals surface area (Å²) in [6, 6.07) is 13.4. The topological polar surface area (TPSA) is 116 Å². The minimum atomic E-state index is -0.751. The van der Waals surface area contributed by atoms with Gasteiger partial charge in [-0.25, -0.2) is 14.6 Å². The molecule has 0 bridgehead atoms. The van der Waals surface area contributed by atoms with E-state index >= 15 is 0 Å². The molecule has 0 amide bonds. The number of pyridine rings is 1. The first-order valence-corrected chi connectivity index (χ1v) is 10.5. The number of rotatable bonds is 4. The van der Waals surface area contributed by atoms with Crippen molar-refractivity contribution in [1.29, 1.82) is 5.26 Å². The summed E-state index contributed by atoms with van der Waals surface area (Å²) in [5.74, 6) is 1.10. The Balaban J connectivity index is 1.59. The first-order chi connectivity index (χ1) is 15.4. The fourth-order valence-corrected chi connectivity index (χ4v) is 4.18. The molecule has 0 saturated carbocycles. The van der Waals surface area contributed by atoms with Gasteiger partial charge in [0.05, 0.1) is 23.2 Å². The monoisotopic (exact) mass is 429 g/mol. The van der Waals surface area contributed by atoms with Gasteiger partial charge >= 0.3 is 0 Å². The molecule has 0 aliphatic carbocycles. The second-order valence-electron chi connectivity index (χ2n) is 8.13. The summed E-state index contributed by atoms with van der Waals surface area (Å²) in [5, 5.41) is 33.6. The lowest BCUT2D eigenvalue weighted by atomic mass is 10.1. The number of hydrogen-bond acceptors (Lipinski definition) is 7. The largest absolute Gasteiger partial charge is 0.391 e. The van der Waals surface area contributed by atoms with Crippen molar-refractivity contribution in [2.45, 2.75) is 32.5 Å². The van der Waals surface area contributed by atoms with E-state index in [1.54, 1.807) is 24.0 Å². The molecule has 2 atom stereocenters. The highest BCUT2D eigenvalue weighted by atomic mass is 16.3. The van der Waals surface area contributed by atoms with E-state index in [9.17, 15) is 15.5 Å². The Morgan fingerprint density at radius 2 is 2.06 bits per heavy atom. The molecule has 1 saturated heterocycles. The van der Waals surface area contributed by atoms with Gasteiger partial charge in [0.25, 0.3) is 0 Å². The molecule has 0 spiro atoms. The van der Waals surface area contributed by atoms with Crippen LogP contribution in [0.3, 0.4) is 0 Å². The zero-order valence-corrected chi connectivity index (χ0v) is 17.8. The number of imidazole rings is 1. The first kappa shape index (κ1) is 20.2. The second-order valence-corrected chi connectivity index (χ2v) is 8.13. The third-order valence-corrected chi connectivity index (χ3v) is 5.85. The number of anilines is 1. The fraction of sp³-hybridized carbons (Fsp3) is 0.304. The maximum Gasteiger partial charge on any atom is 0.163 e. The molecular formula is C23H23N7O2. The molecule has 1 aliphatic rings. The van der Waals surface area contributed by atoms with Gasteiger partial charge in [-0.1, -0.05) is 0 Å². The Hall–Kier alpha value is -3.74. The summed E-state index contributed by atoms with van der Waals surface area (Å²) >= 11 is 0. The van der Waals surface area contributed by atoms with Gasteiger partial charge in [-0.3, -0.25) is 4.57 Å². The van der Waals surface area contributed by atoms with Crippen LogP contribution in [-0.4, -0.2) is 53.7 Å². The normalized spacial score (nSPS) is 17.1. The van der Waals surface area contributed by atoms with Gasteiger partial charge in [-0.15, -0.1) is 0 Å². The Morgan fingerprint density at radius 1 is 1.22 bits per heavy atom. The van der Waals surface area contributed by atoms with Crippen molar-refractivity contribution in [2.75, 3.05) is 18.0 Å². The van der Waals surface area contributed by atoms with Crippen LogP contribution in [0.5, 0.6) is 0 Å². The molecular weight excluding hydrogens is 406 g/mol. The molecule has 1 fully saturated rings. The maximum atomic E-state index is 10.3. The summed E-state index contributed by atoms with van der Waals surface area (Å²) < 4.78 is 3.47. The second kappa shape index (κ2) is 7.75. The van der Waals surface area contributed by atoms with Crippen molar-refractivity contribution in [3.8, 4) is 17.7 Å². The Morgan fingerprint density at radius 3 is 2.75 bits per heavy atom. The maximum absolute atomic E-state index is 10.3. The van der Waals surface area contributed by atoms with Crippen molar-refractivity contribution in [3.63, 3.8) is 0 Å². The van der Waals surface area contributed by atoms with Gasteiger partial charge < -0.3 is 15.1 Å². The summed E-state index contributed by atoms with van der Waals surface area (Å²) in [6.45, 7) is 4.98. The minimum absolute atomic E-state index is 0.286. The number of nitrogens with zero attached hydrogens (tertiary/aromatic N) is 7. The van der Waals surface area contributed by atoms with Gasteiger partial charge in [-0.2, -0.15) is 10.4 Å². The highest BCUT2D eigenvalue weighted by Gasteiger charge is 2.21. The summed E-state index contributed by atoms with van der Waals surface area (Å²) in [6.07, 6.45) is 1.46. The summed E-state index contributed by atoms with van der Waals surface area (Å²) in [4.78, 5) is 11.5. The van der Waals surface area contributed by atoms with Crippen LogP contribution in [0, 0.1) is 18.3 Å². The number of aliphatic hydroxyl groups is 2. The molecule has 4 aromatic rings. The number of β-amino-alcohol motifs (C(OH)–C–C–N with tert-alkyl or cyclic N) is 1. The van der Waals surface area contributed by atoms with Crippen LogP contribution in [0.2, 0.25) is 0 Å². The lowest BCUT2D eigenvalue weighted by Gasteiger charge is -2.18. The Bertz CT molecular complexity index is 1350. The van der Waals surface area contributed by atoms with Crippen LogP contribution in [0.1, 0.15) is 36.4 Å². The molecule has 5 rings (SSSR count). The van der Waals surface area contributed by atoms with Gasteiger partial charge in [0.2, 0.25) is 0 Å². The van der Waals surface area contributed by atoms with E-state index in [1.165, 1.54) is 0 Å². The van der Waals surface area contributed by atoms with Crippen LogP contribution in [0.15, 0.2) is 42.7 Å². The number of nitriles is 1. The number of aryl methyl sites for hydroxylation is 1. The molecule has 2 N–H and O–H groups in total. The van der Waals surface area contributed by atoms with Crippen molar-refractivity contribution in [2.24, 2.45) is 0 Å². The first-order valence-electron chi connectivity index (χ1n) is 10.5. The Kier molecular flexibility index (Phi) is 4.89. The minimum Gasteiger partial charge on any atom is -0.391 e. The number of fused-ring (bicyclic) bond motifs is 1. The van der Waals surface area contributed by atoms with Crippen molar-refractivity contribution >= 4 is 16.7 Å². The molecule has 9 nitrogen and oxygen atoms in total. The average Bonchev–Trinajstić information content (AvgIpc) is 3.50. The van der Waals surface area contributed by atoms with Gasteiger partial charge in [0, 0.05) is 30.0 Å². The number of aromatic nitrogens is 5. The highest BCUT2D eigenvalue weighted by Crippen LogP contribution is 2.28. The van der Waals surface area contributed by atoms with Crippen molar-refractivity contribution in [3.05, 3.63) is 59.7 Å². The van der Waals surface area contributed by atoms with Crippen molar-refractivity contribution < 1.29 is 10.2 Å². The molecule has 1 aromatic carbocycles. The van der Waals surface area contributed by atoms with E-state index in [2.05, 4.69) is 15.0 Å². The molecule has 162 valence electrons. The van der Waals surface area contributed by atoms with Crippen LogP contribution >= 0.6 is 0 Å². The molecule has 1 aliphatic heterocycles. The lowest BCUT2D eigenvalue weighted by molar-refractivity contribution is 0.198. The lowest BCUT2D eigenvalue weighted by Crippen LogP contribution is -2.20. The van der Waals surface area contributed by atoms with Crippen molar-refractivity contribution in [1.82, 2.24) is 24.3 Å². The number of hydrogen-bond donors (Lipinski definition) is 2. The van der Waals surface area contributed by atoms with Gasteiger partial charge in [0.1, 0.15) is 18.2 Å². The third-order valence-electron chi connectivity index (χ3n) is 5.85. The zero-order valence-electron chi connectivity index (χ0n) is 17.8. The predicted octanol–water partition coefficient (Wildman–Crippen LogP) is 2.41. The summed E-state index contributed by atoms with van der Waals surface area (Å²) in [5.41, 5.74) is 4.41. The molecule has 4 heterocycles.